The molecule has 0 radical (unpaired) electrons. The van der Waals surface area contributed by atoms with E-state index in [0.29, 0.717) is 0 Å². The summed E-state index contributed by atoms with van der Waals surface area (Å²) in [7, 11) is -2.04. The second-order valence-corrected chi connectivity index (χ2v) is 3.92. The van der Waals surface area contributed by atoms with Crippen LogP contribution in [0, 0.1) is 0 Å². The van der Waals surface area contributed by atoms with Crippen LogP contribution in [0.25, 0.3) is 0 Å². The zero-order valence-electron chi connectivity index (χ0n) is 6.27. The van der Waals surface area contributed by atoms with Gasteiger partial charge in [0.1, 0.15) is 11.9 Å². The van der Waals surface area contributed by atoms with E-state index in [0.717, 1.165) is 0 Å². The summed E-state index contributed by atoms with van der Waals surface area (Å²) < 4.78 is 34.5. The van der Waals surface area contributed by atoms with E-state index in [1.807, 2.05) is 0 Å². The van der Waals surface area contributed by atoms with Crippen LogP contribution in [-0.2, 0) is 19.5 Å². The maximum Gasteiger partial charge on any atom is 0.399 e. The molecule has 1 atom stereocenters. The monoisotopic (exact) mass is 179 g/mol. The average Bonchev–Trinajstić information content (AvgIpc) is 1.83. The predicted octanol–water partition coefficient (Wildman–Crippen LogP) is -0.263. The predicted molar refractivity (Wildman–Crippen MR) is 38.8 cm³/mol. The number of methoxy groups -OCH3 is 1. The molecule has 0 amide bonds. The van der Waals surface area contributed by atoms with E-state index in [1.165, 1.54) is 7.11 Å². The highest BCUT2D eigenvalue weighted by Crippen LogP contribution is 2.08. The van der Waals surface area contributed by atoms with Gasteiger partial charge in [0.2, 0.25) is 0 Å². The SMILES string of the molecule is COC1=NS(=O)(=O)C[C@@H](C)O1. The first kappa shape index (κ1) is 8.32. The van der Waals surface area contributed by atoms with E-state index in [-0.39, 0.29) is 17.9 Å². The summed E-state index contributed by atoms with van der Waals surface area (Å²) in [6.45, 7) is 1.64. The molecule has 0 unspecified atom stereocenters. The zero-order chi connectivity index (χ0) is 8.48. The second kappa shape index (κ2) is 2.69. The third kappa shape index (κ3) is 2.07. The molecule has 0 aromatic carbocycles. The summed E-state index contributed by atoms with van der Waals surface area (Å²) in [5.41, 5.74) is 0. The Morgan fingerprint density at radius 2 is 2.36 bits per heavy atom. The van der Waals surface area contributed by atoms with Gasteiger partial charge in [0, 0.05) is 0 Å². The van der Waals surface area contributed by atoms with Crippen molar-refractivity contribution in [1.82, 2.24) is 0 Å². The molecule has 64 valence electrons. The van der Waals surface area contributed by atoms with Gasteiger partial charge in [0.05, 0.1) is 7.11 Å². The molecule has 0 fully saturated rings. The minimum Gasteiger partial charge on any atom is -0.453 e. The summed E-state index contributed by atoms with van der Waals surface area (Å²) in [4.78, 5) is 0. The summed E-state index contributed by atoms with van der Waals surface area (Å²) >= 11 is 0. The lowest BCUT2D eigenvalue weighted by atomic mass is 10.5. The normalized spacial score (nSPS) is 28.5. The van der Waals surface area contributed by atoms with Crippen molar-refractivity contribution in [2.45, 2.75) is 13.0 Å². The smallest absolute Gasteiger partial charge is 0.399 e. The topological polar surface area (TPSA) is 65.0 Å². The summed E-state index contributed by atoms with van der Waals surface area (Å²) in [5, 5.41) is 0. The Balaban J connectivity index is 2.92. The first-order chi connectivity index (χ1) is 5.03. The fraction of sp³-hybridized carbons (Fsp3) is 0.800. The van der Waals surface area contributed by atoms with Crippen LogP contribution < -0.4 is 0 Å². The maximum atomic E-state index is 10.9. The summed E-state index contributed by atoms with van der Waals surface area (Å²) in [5.74, 6) is -0.0835. The van der Waals surface area contributed by atoms with E-state index in [1.54, 1.807) is 6.92 Å². The number of nitrogens with zero attached hydrogens (tertiary/aromatic N) is 1. The molecule has 0 aromatic rings. The van der Waals surface area contributed by atoms with Crippen LogP contribution in [0.15, 0.2) is 4.40 Å². The van der Waals surface area contributed by atoms with E-state index in [4.69, 9.17) is 4.74 Å². The molecule has 0 N–H and O–H groups in total. The Bertz CT molecular complexity index is 268. The Labute approximate surface area is 65.1 Å². The third-order valence-electron chi connectivity index (χ3n) is 1.14. The van der Waals surface area contributed by atoms with Crippen molar-refractivity contribution in [1.29, 1.82) is 0 Å². The van der Waals surface area contributed by atoms with Crippen LogP contribution in [0.2, 0.25) is 0 Å². The van der Waals surface area contributed by atoms with Gasteiger partial charge >= 0.3 is 6.08 Å². The molecule has 0 saturated heterocycles. The van der Waals surface area contributed by atoms with Gasteiger partial charge in [0.15, 0.2) is 0 Å². The molecule has 0 aliphatic carbocycles. The highest BCUT2D eigenvalue weighted by Gasteiger charge is 2.25. The number of sulfonamides is 1. The van der Waals surface area contributed by atoms with Gasteiger partial charge in [-0.1, -0.05) is 4.40 Å². The number of hydrogen-bond acceptors (Lipinski definition) is 4. The van der Waals surface area contributed by atoms with E-state index >= 15 is 0 Å². The molecule has 1 rings (SSSR count). The van der Waals surface area contributed by atoms with Gasteiger partial charge in [0.25, 0.3) is 10.0 Å². The lowest BCUT2D eigenvalue weighted by Crippen LogP contribution is -2.30. The Morgan fingerprint density at radius 1 is 1.73 bits per heavy atom. The van der Waals surface area contributed by atoms with Crippen LogP contribution >= 0.6 is 0 Å². The van der Waals surface area contributed by atoms with Crippen molar-refractivity contribution in [3.63, 3.8) is 0 Å². The Kier molecular flexibility index (Phi) is 2.03. The first-order valence-electron chi connectivity index (χ1n) is 3.07. The van der Waals surface area contributed by atoms with E-state index in [9.17, 15) is 8.42 Å². The quantitative estimate of drug-likeness (QED) is 0.513. The van der Waals surface area contributed by atoms with Gasteiger partial charge in [-0.3, -0.25) is 0 Å². The Hall–Kier alpha value is -0.780. The fourth-order valence-corrected chi connectivity index (χ4v) is 1.84. The highest BCUT2D eigenvalue weighted by atomic mass is 32.2. The molecule has 1 heterocycles. The standard InChI is InChI=1S/C5H9NO4S/c1-4-3-11(7,8)6-5(9-2)10-4/h4H,3H2,1-2H3/t4-/m1/s1. The number of rotatable bonds is 0. The molecular formula is C5H9NO4S. The third-order valence-corrected chi connectivity index (χ3v) is 2.45. The molecule has 0 saturated carbocycles. The summed E-state index contributed by atoms with van der Waals surface area (Å²) in [6.07, 6.45) is -0.559. The van der Waals surface area contributed by atoms with Crippen LogP contribution in [0.3, 0.4) is 0 Å². The second-order valence-electron chi connectivity index (χ2n) is 2.24. The largest absolute Gasteiger partial charge is 0.453 e. The van der Waals surface area contributed by atoms with E-state index < -0.39 is 10.0 Å². The molecular weight excluding hydrogens is 170 g/mol. The molecule has 0 spiro atoms. The molecule has 11 heavy (non-hydrogen) atoms. The Morgan fingerprint density at radius 3 is 2.82 bits per heavy atom. The van der Waals surface area contributed by atoms with Crippen molar-refractivity contribution >= 4 is 16.1 Å². The van der Waals surface area contributed by atoms with Gasteiger partial charge in [-0.25, -0.2) is 8.42 Å². The first-order valence-corrected chi connectivity index (χ1v) is 4.68. The van der Waals surface area contributed by atoms with Gasteiger partial charge in [-0.05, 0) is 6.92 Å². The fourth-order valence-electron chi connectivity index (χ4n) is 0.760. The zero-order valence-corrected chi connectivity index (χ0v) is 7.09. The van der Waals surface area contributed by atoms with E-state index in [2.05, 4.69) is 9.13 Å². The van der Waals surface area contributed by atoms with Gasteiger partial charge in [-0.15, -0.1) is 0 Å². The van der Waals surface area contributed by atoms with Crippen LogP contribution in [0.1, 0.15) is 6.92 Å². The highest BCUT2D eigenvalue weighted by molar-refractivity contribution is 7.90. The van der Waals surface area contributed by atoms with Crippen molar-refractivity contribution in [3.05, 3.63) is 0 Å². The molecule has 6 heteroatoms. The molecule has 1 aliphatic rings. The van der Waals surface area contributed by atoms with Gasteiger partial charge < -0.3 is 9.47 Å². The lowest BCUT2D eigenvalue weighted by Gasteiger charge is -2.17. The number of hydrogen-bond donors (Lipinski definition) is 0. The van der Waals surface area contributed by atoms with Crippen molar-refractivity contribution < 1.29 is 17.9 Å². The molecule has 5 nitrogen and oxygen atoms in total. The van der Waals surface area contributed by atoms with Crippen LogP contribution in [-0.4, -0.2) is 33.5 Å². The summed E-state index contributed by atoms with van der Waals surface area (Å²) in [6, 6.07) is 0. The van der Waals surface area contributed by atoms with Crippen molar-refractivity contribution in [2.24, 2.45) is 4.40 Å². The maximum absolute atomic E-state index is 10.9. The van der Waals surface area contributed by atoms with Crippen molar-refractivity contribution in [3.8, 4) is 0 Å². The van der Waals surface area contributed by atoms with Crippen LogP contribution in [0.5, 0.6) is 0 Å². The van der Waals surface area contributed by atoms with Crippen molar-refractivity contribution in [2.75, 3.05) is 12.9 Å². The minimum absolute atomic E-state index is 0.0835. The number of ether oxygens (including phenoxy) is 2. The molecule has 0 bridgehead atoms. The molecule has 0 aromatic heterocycles. The van der Waals surface area contributed by atoms with Crippen LogP contribution in [0.4, 0.5) is 0 Å². The van der Waals surface area contributed by atoms with Gasteiger partial charge in [-0.2, -0.15) is 0 Å². The molecule has 1 aliphatic heterocycles. The minimum atomic E-state index is -3.36. The average molecular weight is 179 g/mol. The lowest BCUT2D eigenvalue weighted by molar-refractivity contribution is 0.148.